The van der Waals surface area contributed by atoms with Gasteiger partial charge < -0.3 is 5.32 Å². The molecule has 1 rings (SSSR count). The molecule has 0 radical (unpaired) electrons. The summed E-state index contributed by atoms with van der Waals surface area (Å²) in [6, 6.07) is 5.21. The average Bonchev–Trinajstić information content (AvgIpc) is 2.28. The van der Waals surface area contributed by atoms with Crippen molar-refractivity contribution >= 4 is 29.1 Å². The van der Waals surface area contributed by atoms with Gasteiger partial charge in [-0.25, -0.2) is 0 Å². The Morgan fingerprint density at radius 1 is 1.33 bits per heavy atom. The SMILES string of the molecule is CCCC(C)C(=O)NC(C)c1ccc(Cl)cc1Cl. The van der Waals surface area contributed by atoms with Gasteiger partial charge in [-0.2, -0.15) is 0 Å². The molecule has 1 amide bonds. The number of rotatable bonds is 5. The summed E-state index contributed by atoms with van der Waals surface area (Å²) in [5.41, 5.74) is 0.887. The standard InChI is InChI=1S/C14H19Cl2NO/c1-4-5-9(2)14(18)17-10(3)12-7-6-11(15)8-13(12)16/h6-10H,4-5H2,1-3H3,(H,17,18). The second-order valence-corrected chi connectivity index (χ2v) is 5.43. The zero-order valence-corrected chi connectivity index (χ0v) is 12.5. The first kappa shape index (κ1) is 15.3. The maximum absolute atomic E-state index is 11.9. The van der Waals surface area contributed by atoms with Crippen LogP contribution in [0.3, 0.4) is 0 Å². The van der Waals surface area contributed by atoms with Gasteiger partial charge >= 0.3 is 0 Å². The van der Waals surface area contributed by atoms with Crippen molar-refractivity contribution in [1.82, 2.24) is 5.32 Å². The highest BCUT2D eigenvalue weighted by atomic mass is 35.5. The van der Waals surface area contributed by atoms with E-state index in [1.54, 1.807) is 12.1 Å². The normalized spacial score (nSPS) is 14.1. The van der Waals surface area contributed by atoms with E-state index in [1.807, 2.05) is 19.9 Å². The van der Waals surface area contributed by atoms with Crippen LogP contribution in [0.2, 0.25) is 10.0 Å². The number of benzene rings is 1. The van der Waals surface area contributed by atoms with E-state index in [4.69, 9.17) is 23.2 Å². The molecule has 0 heterocycles. The summed E-state index contributed by atoms with van der Waals surface area (Å²) in [5.74, 6) is 0.0962. The van der Waals surface area contributed by atoms with E-state index in [0.29, 0.717) is 10.0 Å². The Balaban J connectivity index is 2.70. The van der Waals surface area contributed by atoms with Gasteiger partial charge in [-0.1, -0.05) is 49.5 Å². The number of hydrogen-bond acceptors (Lipinski definition) is 1. The molecule has 4 heteroatoms. The Labute approximate surface area is 119 Å². The Kier molecular flexibility index (Phi) is 5.97. The van der Waals surface area contributed by atoms with Crippen molar-refractivity contribution in [3.63, 3.8) is 0 Å². The highest BCUT2D eigenvalue weighted by Gasteiger charge is 2.16. The first-order valence-corrected chi connectivity index (χ1v) is 6.96. The molecular weight excluding hydrogens is 269 g/mol. The second kappa shape index (κ2) is 7.01. The molecule has 2 atom stereocenters. The van der Waals surface area contributed by atoms with Crippen LogP contribution in [-0.2, 0) is 4.79 Å². The lowest BCUT2D eigenvalue weighted by Crippen LogP contribution is -2.31. The van der Waals surface area contributed by atoms with Crippen LogP contribution in [0.1, 0.15) is 45.2 Å². The van der Waals surface area contributed by atoms with Crippen LogP contribution in [0.5, 0.6) is 0 Å². The van der Waals surface area contributed by atoms with Crippen LogP contribution in [0.15, 0.2) is 18.2 Å². The Morgan fingerprint density at radius 3 is 2.56 bits per heavy atom. The zero-order valence-electron chi connectivity index (χ0n) is 11.0. The summed E-state index contributed by atoms with van der Waals surface area (Å²) in [6.45, 7) is 5.93. The van der Waals surface area contributed by atoms with Crippen molar-refractivity contribution in [2.24, 2.45) is 5.92 Å². The molecule has 1 aromatic carbocycles. The smallest absolute Gasteiger partial charge is 0.223 e. The molecular formula is C14H19Cl2NO. The lowest BCUT2D eigenvalue weighted by atomic mass is 10.0. The number of carbonyl (C=O) groups is 1. The Hall–Kier alpha value is -0.730. The van der Waals surface area contributed by atoms with Crippen LogP contribution in [-0.4, -0.2) is 5.91 Å². The Bertz CT molecular complexity index is 420. The Morgan fingerprint density at radius 2 is 2.00 bits per heavy atom. The van der Waals surface area contributed by atoms with Gasteiger partial charge in [-0.05, 0) is 31.0 Å². The van der Waals surface area contributed by atoms with Gasteiger partial charge in [0, 0.05) is 16.0 Å². The van der Waals surface area contributed by atoms with E-state index in [0.717, 1.165) is 18.4 Å². The molecule has 0 bridgehead atoms. The van der Waals surface area contributed by atoms with Crippen LogP contribution < -0.4 is 5.32 Å². The zero-order chi connectivity index (χ0) is 13.7. The van der Waals surface area contributed by atoms with Crippen LogP contribution in [0, 0.1) is 5.92 Å². The van der Waals surface area contributed by atoms with Crippen molar-refractivity contribution < 1.29 is 4.79 Å². The predicted molar refractivity (Wildman–Crippen MR) is 77.1 cm³/mol. The molecule has 100 valence electrons. The van der Waals surface area contributed by atoms with Crippen molar-refractivity contribution in [2.75, 3.05) is 0 Å². The van der Waals surface area contributed by atoms with Gasteiger partial charge in [0.05, 0.1) is 6.04 Å². The van der Waals surface area contributed by atoms with E-state index in [-0.39, 0.29) is 17.9 Å². The fraction of sp³-hybridized carbons (Fsp3) is 0.500. The van der Waals surface area contributed by atoms with Gasteiger partial charge in [-0.3, -0.25) is 4.79 Å². The first-order valence-electron chi connectivity index (χ1n) is 6.21. The third-order valence-electron chi connectivity index (χ3n) is 2.96. The molecule has 0 aliphatic carbocycles. The summed E-state index contributed by atoms with van der Waals surface area (Å²) in [5, 5.41) is 4.16. The van der Waals surface area contributed by atoms with Crippen LogP contribution in [0.4, 0.5) is 0 Å². The van der Waals surface area contributed by atoms with Crippen molar-refractivity contribution in [2.45, 2.75) is 39.7 Å². The lowest BCUT2D eigenvalue weighted by Gasteiger charge is -2.18. The van der Waals surface area contributed by atoms with Gasteiger partial charge in [-0.15, -0.1) is 0 Å². The molecule has 0 fully saturated rings. The van der Waals surface area contributed by atoms with Crippen molar-refractivity contribution in [3.05, 3.63) is 33.8 Å². The van der Waals surface area contributed by atoms with Crippen molar-refractivity contribution in [1.29, 1.82) is 0 Å². The molecule has 0 saturated carbocycles. The molecule has 0 aliphatic rings. The summed E-state index contributed by atoms with van der Waals surface area (Å²) >= 11 is 12.0. The van der Waals surface area contributed by atoms with E-state index in [1.165, 1.54) is 0 Å². The molecule has 2 unspecified atom stereocenters. The molecule has 0 spiro atoms. The minimum atomic E-state index is -0.110. The predicted octanol–water partition coefficient (Wildman–Crippen LogP) is 4.61. The third-order valence-corrected chi connectivity index (χ3v) is 3.52. The van der Waals surface area contributed by atoms with Crippen LogP contribution >= 0.6 is 23.2 Å². The van der Waals surface area contributed by atoms with E-state index < -0.39 is 0 Å². The molecule has 18 heavy (non-hydrogen) atoms. The molecule has 0 saturated heterocycles. The number of carbonyl (C=O) groups excluding carboxylic acids is 1. The second-order valence-electron chi connectivity index (χ2n) is 4.59. The maximum Gasteiger partial charge on any atom is 0.223 e. The lowest BCUT2D eigenvalue weighted by molar-refractivity contribution is -0.125. The minimum absolute atomic E-state index is 0.0310. The largest absolute Gasteiger partial charge is 0.349 e. The highest BCUT2D eigenvalue weighted by Crippen LogP contribution is 2.26. The van der Waals surface area contributed by atoms with E-state index in [9.17, 15) is 4.79 Å². The van der Waals surface area contributed by atoms with Crippen molar-refractivity contribution in [3.8, 4) is 0 Å². The van der Waals surface area contributed by atoms with Gasteiger partial charge in [0.15, 0.2) is 0 Å². The topological polar surface area (TPSA) is 29.1 Å². The van der Waals surface area contributed by atoms with Gasteiger partial charge in [0.25, 0.3) is 0 Å². The van der Waals surface area contributed by atoms with E-state index in [2.05, 4.69) is 12.2 Å². The average molecular weight is 288 g/mol. The molecule has 2 nitrogen and oxygen atoms in total. The summed E-state index contributed by atoms with van der Waals surface area (Å²) in [4.78, 5) is 11.9. The summed E-state index contributed by atoms with van der Waals surface area (Å²) in [6.07, 6.45) is 1.90. The third kappa shape index (κ3) is 4.18. The molecule has 0 aliphatic heterocycles. The molecule has 1 aromatic rings. The van der Waals surface area contributed by atoms with Gasteiger partial charge in [0.1, 0.15) is 0 Å². The van der Waals surface area contributed by atoms with Gasteiger partial charge in [0.2, 0.25) is 5.91 Å². The monoisotopic (exact) mass is 287 g/mol. The summed E-state index contributed by atoms with van der Waals surface area (Å²) in [7, 11) is 0. The number of hydrogen-bond donors (Lipinski definition) is 1. The maximum atomic E-state index is 11.9. The fourth-order valence-corrected chi connectivity index (χ4v) is 2.42. The van der Waals surface area contributed by atoms with E-state index >= 15 is 0 Å². The molecule has 0 aromatic heterocycles. The summed E-state index contributed by atoms with van der Waals surface area (Å²) < 4.78 is 0. The molecule has 1 N–H and O–H groups in total. The fourth-order valence-electron chi connectivity index (χ4n) is 1.85. The minimum Gasteiger partial charge on any atom is -0.349 e. The first-order chi connectivity index (χ1) is 8.45. The number of nitrogens with one attached hydrogen (secondary N) is 1. The number of amides is 1. The highest BCUT2D eigenvalue weighted by molar-refractivity contribution is 6.35. The van der Waals surface area contributed by atoms with Crippen LogP contribution in [0.25, 0.3) is 0 Å². The number of halogens is 2. The quantitative estimate of drug-likeness (QED) is 0.842.